The molecule has 0 aromatic heterocycles. The average molecular weight is 134 g/mol. The Hall–Kier alpha value is -1.02. The summed E-state index contributed by atoms with van der Waals surface area (Å²) in [5.74, 6) is 0. The summed E-state index contributed by atoms with van der Waals surface area (Å²) in [6, 6.07) is 0. The smallest absolute Gasteiger partial charge is 0.0228 e. The van der Waals surface area contributed by atoms with Crippen LogP contribution in [0.15, 0.2) is 35.7 Å². The molecule has 2 heterocycles. The van der Waals surface area contributed by atoms with Gasteiger partial charge in [-0.2, -0.15) is 0 Å². The first-order chi connectivity index (χ1) is 4.97. The quantitative estimate of drug-likeness (QED) is 0.504. The molecule has 0 spiro atoms. The van der Waals surface area contributed by atoms with E-state index in [-0.39, 0.29) is 0 Å². The standard InChI is InChI=1S/C8H10N2/c1-3-9-5-8-6-10-4-2-7(1)8/h1-3,5,9-10H,4,6H2. The van der Waals surface area contributed by atoms with Crippen molar-refractivity contribution in [1.82, 2.24) is 10.6 Å². The maximum absolute atomic E-state index is 3.27. The van der Waals surface area contributed by atoms with Crippen molar-refractivity contribution >= 4 is 0 Å². The Bertz CT molecular complexity index is 223. The summed E-state index contributed by atoms with van der Waals surface area (Å²) >= 11 is 0. The third kappa shape index (κ3) is 0.866. The van der Waals surface area contributed by atoms with Gasteiger partial charge in [-0.3, -0.25) is 0 Å². The van der Waals surface area contributed by atoms with Gasteiger partial charge in [0.05, 0.1) is 0 Å². The van der Waals surface area contributed by atoms with Crippen molar-refractivity contribution in [2.45, 2.75) is 0 Å². The van der Waals surface area contributed by atoms with Crippen molar-refractivity contribution in [2.75, 3.05) is 13.1 Å². The summed E-state index contributed by atoms with van der Waals surface area (Å²) in [4.78, 5) is 0. The maximum Gasteiger partial charge on any atom is 0.0228 e. The highest BCUT2D eigenvalue weighted by Gasteiger charge is 2.07. The van der Waals surface area contributed by atoms with Crippen LogP contribution in [0.2, 0.25) is 0 Å². The van der Waals surface area contributed by atoms with Gasteiger partial charge in [0.25, 0.3) is 0 Å². The van der Waals surface area contributed by atoms with Crippen LogP contribution in [0.3, 0.4) is 0 Å². The van der Waals surface area contributed by atoms with Crippen LogP contribution in [0.25, 0.3) is 0 Å². The lowest BCUT2D eigenvalue weighted by Crippen LogP contribution is -2.24. The fourth-order valence-corrected chi connectivity index (χ4v) is 1.22. The van der Waals surface area contributed by atoms with Crippen LogP contribution in [0.5, 0.6) is 0 Å². The van der Waals surface area contributed by atoms with Gasteiger partial charge in [0.1, 0.15) is 0 Å². The van der Waals surface area contributed by atoms with Crippen LogP contribution in [0.4, 0.5) is 0 Å². The molecule has 2 rings (SSSR count). The van der Waals surface area contributed by atoms with E-state index >= 15 is 0 Å². The Balaban J connectivity index is 2.32. The molecule has 0 unspecified atom stereocenters. The predicted molar refractivity (Wildman–Crippen MR) is 41.3 cm³/mol. The van der Waals surface area contributed by atoms with E-state index in [4.69, 9.17) is 0 Å². The zero-order chi connectivity index (χ0) is 6.81. The minimum atomic E-state index is 0.989. The van der Waals surface area contributed by atoms with Crippen LogP contribution in [0, 0.1) is 0 Å². The SMILES string of the molecule is C1=CC2=CCNCC2=CN1. The number of nitrogens with one attached hydrogen (secondary N) is 2. The van der Waals surface area contributed by atoms with Crippen LogP contribution < -0.4 is 10.6 Å². The molecule has 52 valence electrons. The Kier molecular flexibility index (Phi) is 1.32. The fourth-order valence-electron chi connectivity index (χ4n) is 1.22. The normalized spacial score (nSPS) is 22.4. The van der Waals surface area contributed by atoms with Crippen molar-refractivity contribution in [3.63, 3.8) is 0 Å². The van der Waals surface area contributed by atoms with Crippen LogP contribution >= 0.6 is 0 Å². The third-order valence-electron chi connectivity index (χ3n) is 1.77. The summed E-state index contributed by atoms with van der Waals surface area (Å²) in [7, 11) is 0. The molecule has 0 fully saturated rings. The summed E-state index contributed by atoms with van der Waals surface area (Å²) in [5, 5.41) is 6.33. The predicted octanol–water partition coefficient (Wildman–Crippen LogP) is 0.517. The van der Waals surface area contributed by atoms with Crippen LogP contribution in [-0.4, -0.2) is 13.1 Å². The molecule has 2 aliphatic heterocycles. The maximum atomic E-state index is 3.27. The van der Waals surface area contributed by atoms with Crippen molar-refractivity contribution in [3.05, 3.63) is 35.7 Å². The van der Waals surface area contributed by atoms with E-state index in [0.29, 0.717) is 0 Å². The highest BCUT2D eigenvalue weighted by molar-refractivity contribution is 5.44. The second kappa shape index (κ2) is 2.31. The van der Waals surface area contributed by atoms with Gasteiger partial charge in [-0.15, -0.1) is 0 Å². The van der Waals surface area contributed by atoms with Crippen molar-refractivity contribution in [1.29, 1.82) is 0 Å². The molecular formula is C8H10N2. The molecule has 10 heavy (non-hydrogen) atoms. The van der Waals surface area contributed by atoms with E-state index in [2.05, 4.69) is 22.8 Å². The molecule has 2 aliphatic rings. The number of dihydropyridines is 1. The highest BCUT2D eigenvalue weighted by atomic mass is 14.9. The van der Waals surface area contributed by atoms with Gasteiger partial charge in [-0.05, 0) is 17.2 Å². The molecule has 0 aromatic rings. The van der Waals surface area contributed by atoms with E-state index in [1.807, 2.05) is 12.4 Å². The molecule has 0 aromatic carbocycles. The summed E-state index contributed by atoms with van der Waals surface area (Å²) in [6.07, 6.45) is 8.31. The number of allylic oxidation sites excluding steroid dienone is 1. The summed E-state index contributed by atoms with van der Waals surface area (Å²) in [5.41, 5.74) is 2.71. The molecule has 0 aliphatic carbocycles. The zero-order valence-corrected chi connectivity index (χ0v) is 5.72. The monoisotopic (exact) mass is 134 g/mol. The zero-order valence-electron chi connectivity index (χ0n) is 5.72. The highest BCUT2D eigenvalue weighted by Crippen LogP contribution is 2.14. The van der Waals surface area contributed by atoms with Gasteiger partial charge < -0.3 is 10.6 Å². The lowest BCUT2D eigenvalue weighted by Gasteiger charge is -2.17. The van der Waals surface area contributed by atoms with E-state index in [9.17, 15) is 0 Å². The largest absolute Gasteiger partial charge is 0.367 e. The first kappa shape index (κ1) is 5.74. The van der Waals surface area contributed by atoms with E-state index in [1.54, 1.807) is 0 Å². The Morgan fingerprint density at radius 1 is 1.40 bits per heavy atom. The van der Waals surface area contributed by atoms with E-state index < -0.39 is 0 Å². The van der Waals surface area contributed by atoms with Gasteiger partial charge in [0.15, 0.2) is 0 Å². The lowest BCUT2D eigenvalue weighted by atomic mass is 10.0. The Morgan fingerprint density at radius 3 is 3.30 bits per heavy atom. The molecule has 2 heteroatoms. The summed E-state index contributed by atoms with van der Waals surface area (Å²) in [6.45, 7) is 1.99. The molecule has 0 saturated carbocycles. The number of hydrogen-bond acceptors (Lipinski definition) is 2. The molecule has 0 saturated heterocycles. The van der Waals surface area contributed by atoms with E-state index in [1.165, 1.54) is 11.1 Å². The minimum Gasteiger partial charge on any atom is -0.367 e. The van der Waals surface area contributed by atoms with Gasteiger partial charge >= 0.3 is 0 Å². The number of rotatable bonds is 0. The molecule has 0 radical (unpaired) electrons. The first-order valence-corrected chi connectivity index (χ1v) is 3.50. The minimum absolute atomic E-state index is 0.989. The Morgan fingerprint density at radius 2 is 2.40 bits per heavy atom. The average Bonchev–Trinajstić information content (AvgIpc) is 2.05. The van der Waals surface area contributed by atoms with Crippen LogP contribution in [-0.2, 0) is 0 Å². The van der Waals surface area contributed by atoms with Gasteiger partial charge in [0.2, 0.25) is 0 Å². The van der Waals surface area contributed by atoms with Gasteiger partial charge in [-0.25, -0.2) is 0 Å². The molecule has 0 bridgehead atoms. The second-order valence-corrected chi connectivity index (χ2v) is 2.46. The number of fused-ring (bicyclic) bond motifs is 1. The topological polar surface area (TPSA) is 24.1 Å². The first-order valence-electron chi connectivity index (χ1n) is 3.50. The van der Waals surface area contributed by atoms with Gasteiger partial charge in [-0.1, -0.05) is 6.08 Å². The molecular weight excluding hydrogens is 124 g/mol. The fraction of sp³-hybridized carbons (Fsp3) is 0.250. The third-order valence-corrected chi connectivity index (χ3v) is 1.77. The van der Waals surface area contributed by atoms with E-state index in [0.717, 1.165) is 13.1 Å². The lowest BCUT2D eigenvalue weighted by molar-refractivity contribution is 0.785. The molecule has 2 N–H and O–H groups in total. The number of hydrogen-bond donors (Lipinski definition) is 2. The van der Waals surface area contributed by atoms with Crippen LogP contribution in [0.1, 0.15) is 0 Å². The molecule has 0 atom stereocenters. The molecule has 2 nitrogen and oxygen atoms in total. The van der Waals surface area contributed by atoms with Crippen molar-refractivity contribution < 1.29 is 0 Å². The summed E-state index contributed by atoms with van der Waals surface area (Å²) < 4.78 is 0. The Labute approximate surface area is 60.3 Å². The molecule has 0 amide bonds. The van der Waals surface area contributed by atoms with Gasteiger partial charge in [0, 0.05) is 25.5 Å². The van der Waals surface area contributed by atoms with Crippen molar-refractivity contribution in [2.24, 2.45) is 0 Å². The van der Waals surface area contributed by atoms with Crippen molar-refractivity contribution in [3.8, 4) is 0 Å². The second-order valence-electron chi connectivity index (χ2n) is 2.46.